The highest BCUT2D eigenvalue weighted by Crippen LogP contribution is 2.35. The first kappa shape index (κ1) is 14.4. The smallest absolute Gasteiger partial charge is 0.237 e. The van der Waals surface area contributed by atoms with Crippen molar-refractivity contribution in [2.45, 2.75) is 71.8 Å². The van der Waals surface area contributed by atoms with E-state index in [1.54, 1.807) is 0 Å². The van der Waals surface area contributed by atoms with Crippen molar-refractivity contribution in [2.75, 3.05) is 0 Å². The molecule has 1 amide bonds. The van der Waals surface area contributed by atoms with Crippen LogP contribution in [0.1, 0.15) is 66.2 Å². The van der Waals surface area contributed by atoms with Crippen molar-refractivity contribution in [2.24, 2.45) is 5.84 Å². The van der Waals surface area contributed by atoms with E-state index in [9.17, 15) is 4.79 Å². The molecule has 2 N–H and O–H groups in total. The summed E-state index contributed by atoms with van der Waals surface area (Å²) in [6.07, 6.45) is 5.87. The van der Waals surface area contributed by atoms with Gasteiger partial charge in [0.2, 0.25) is 5.91 Å². The van der Waals surface area contributed by atoms with E-state index in [1.165, 1.54) is 5.01 Å². The van der Waals surface area contributed by atoms with E-state index in [2.05, 4.69) is 13.8 Å². The molecule has 0 aromatic rings. The molecule has 0 saturated carbocycles. The lowest BCUT2D eigenvalue weighted by atomic mass is 9.87. The van der Waals surface area contributed by atoms with Gasteiger partial charge in [-0.05, 0) is 19.3 Å². The maximum atomic E-state index is 11.3. The Kier molecular flexibility index (Phi) is 6.57. The minimum atomic E-state index is -0.0133. The van der Waals surface area contributed by atoms with Crippen molar-refractivity contribution in [3.8, 4) is 0 Å². The zero-order valence-electron chi connectivity index (χ0n) is 10.7. The average molecular weight is 214 g/mol. The predicted molar refractivity (Wildman–Crippen MR) is 64.2 cm³/mol. The third kappa shape index (κ3) is 3.20. The molecule has 0 aromatic carbocycles. The Balaban J connectivity index is 0.000000921. The summed E-state index contributed by atoms with van der Waals surface area (Å²) >= 11 is 0. The normalized spacial score (nSPS) is 18.7. The first-order chi connectivity index (χ1) is 7.16. The van der Waals surface area contributed by atoms with Crippen molar-refractivity contribution in [1.29, 1.82) is 0 Å². The van der Waals surface area contributed by atoms with Gasteiger partial charge in [0.15, 0.2) is 0 Å². The minimum Gasteiger partial charge on any atom is -0.275 e. The lowest BCUT2D eigenvalue weighted by Crippen LogP contribution is -2.50. The van der Waals surface area contributed by atoms with Crippen molar-refractivity contribution >= 4 is 5.91 Å². The van der Waals surface area contributed by atoms with Crippen LogP contribution >= 0.6 is 0 Å². The maximum Gasteiger partial charge on any atom is 0.237 e. The Labute approximate surface area is 94.0 Å². The van der Waals surface area contributed by atoms with Crippen LogP contribution in [-0.2, 0) is 4.79 Å². The van der Waals surface area contributed by atoms with Gasteiger partial charge in [-0.15, -0.1) is 0 Å². The van der Waals surface area contributed by atoms with Crippen molar-refractivity contribution in [3.63, 3.8) is 0 Å². The lowest BCUT2D eigenvalue weighted by Gasteiger charge is -2.35. The molecule has 0 aromatic heterocycles. The van der Waals surface area contributed by atoms with Gasteiger partial charge in [-0.1, -0.05) is 40.5 Å². The number of amides is 1. The maximum absolute atomic E-state index is 11.3. The second-order valence-electron chi connectivity index (χ2n) is 3.99. The summed E-state index contributed by atoms with van der Waals surface area (Å²) in [5.74, 6) is 5.93. The number of hydrogen-bond donors (Lipinski definition) is 1. The SMILES string of the molecule is CC.CCCC1(CCC)CCC(=O)N1N. The summed E-state index contributed by atoms with van der Waals surface area (Å²) in [5.41, 5.74) is -0.0133. The van der Waals surface area contributed by atoms with E-state index in [0.29, 0.717) is 6.42 Å². The Morgan fingerprint density at radius 3 is 2.00 bits per heavy atom. The number of carbonyl (C=O) groups excluding carboxylic acids is 1. The molecule has 15 heavy (non-hydrogen) atoms. The fourth-order valence-corrected chi connectivity index (χ4v) is 2.39. The number of nitrogens with two attached hydrogens (primary N) is 1. The van der Waals surface area contributed by atoms with Gasteiger partial charge in [-0.2, -0.15) is 0 Å². The first-order valence-electron chi connectivity index (χ1n) is 6.24. The number of carbonyl (C=O) groups is 1. The molecule has 0 unspecified atom stereocenters. The van der Waals surface area contributed by atoms with Gasteiger partial charge in [0.25, 0.3) is 0 Å². The second kappa shape index (κ2) is 6.83. The summed E-state index contributed by atoms with van der Waals surface area (Å²) < 4.78 is 0. The van der Waals surface area contributed by atoms with Crippen molar-refractivity contribution in [1.82, 2.24) is 5.01 Å². The van der Waals surface area contributed by atoms with Crippen LogP contribution in [0.25, 0.3) is 0 Å². The third-order valence-corrected chi connectivity index (χ3v) is 3.01. The largest absolute Gasteiger partial charge is 0.275 e. The predicted octanol–water partition coefficient (Wildman–Crippen LogP) is 2.85. The highest BCUT2D eigenvalue weighted by atomic mass is 16.2. The van der Waals surface area contributed by atoms with Crippen LogP contribution in [0.15, 0.2) is 0 Å². The second-order valence-corrected chi connectivity index (χ2v) is 3.99. The van der Waals surface area contributed by atoms with E-state index in [1.807, 2.05) is 13.8 Å². The lowest BCUT2D eigenvalue weighted by molar-refractivity contribution is -0.132. The van der Waals surface area contributed by atoms with Crippen LogP contribution in [0.5, 0.6) is 0 Å². The van der Waals surface area contributed by atoms with E-state index in [-0.39, 0.29) is 11.4 Å². The molecule has 0 aliphatic carbocycles. The Morgan fingerprint density at radius 1 is 1.27 bits per heavy atom. The summed E-state index contributed by atoms with van der Waals surface area (Å²) in [6.45, 7) is 8.29. The monoisotopic (exact) mass is 214 g/mol. The summed E-state index contributed by atoms with van der Waals surface area (Å²) in [7, 11) is 0. The van der Waals surface area contributed by atoms with E-state index in [4.69, 9.17) is 5.84 Å². The van der Waals surface area contributed by atoms with Crippen LogP contribution in [0.3, 0.4) is 0 Å². The molecular weight excluding hydrogens is 188 g/mol. The molecule has 0 spiro atoms. The van der Waals surface area contributed by atoms with Crippen LogP contribution in [-0.4, -0.2) is 16.5 Å². The third-order valence-electron chi connectivity index (χ3n) is 3.01. The van der Waals surface area contributed by atoms with E-state index >= 15 is 0 Å². The van der Waals surface area contributed by atoms with Crippen LogP contribution in [0.2, 0.25) is 0 Å². The first-order valence-corrected chi connectivity index (χ1v) is 6.24. The van der Waals surface area contributed by atoms with E-state index < -0.39 is 0 Å². The molecule has 0 radical (unpaired) electrons. The molecular formula is C12H26N2O. The number of nitrogens with zero attached hydrogens (tertiary/aromatic N) is 1. The molecule has 0 bridgehead atoms. The fourth-order valence-electron chi connectivity index (χ4n) is 2.39. The van der Waals surface area contributed by atoms with Gasteiger partial charge in [0.1, 0.15) is 0 Å². The highest BCUT2D eigenvalue weighted by Gasteiger charge is 2.42. The molecule has 3 nitrogen and oxygen atoms in total. The standard InChI is InChI=1S/C10H20N2O.C2H6/c1-3-6-10(7-4-2)8-5-9(13)12(10)11;1-2/h3-8,11H2,1-2H3;1-2H3. The average Bonchev–Trinajstić information content (AvgIpc) is 2.52. The summed E-state index contributed by atoms with van der Waals surface area (Å²) in [4.78, 5) is 11.3. The highest BCUT2D eigenvalue weighted by molar-refractivity contribution is 5.79. The molecule has 0 atom stereocenters. The fraction of sp³-hybridized carbons (Fsp3) is 0.917. The molecule has 1 saturated heterocycles. The molecule has 1 heterocycles. The number of hydrogen-bond acceptors (Lipinski definition) is 2. The van der Waals surface area contributed by atoms with Crippen LogP contribution in [0, 0.1) is 0 Å². The number of hydrazine groups is 1. The van der Waals surface area contributed by atoms with Crippen molar-refractivity contribution < 1.29 is 4.79 Å². The molecule has 3 heteroatoms. The van der Waals surface area contributed by atoms with Gasteiger partial charge in [0, 0.05) is 6.42 Å². The van der Waals surface area contributed by atoms with E-state index in [0.717, 1.165) is 32.1 Å². The summed E-state index contributed by atoms with van der Waals surface area (Å²) in [6, 6.07) is 0. The topological polar surface area (TPSA) is 46.3 Å². The molecule has 1 rings (SSSR count). The molecule has 1 aliphatic rings. The molecule has 1 fully saturated rings. The van der Waals surface area contributed by atoms with Gasteiger partial charge < -0.3 is 0 Å². The van der Waals surface area contributed by atoms with Crippen molar-refractivity contribution in [3.05, 3.63) is 0 Å². The van der Waals surface area contributed by atoms with Crippen LogP contribution in [0.4, 0.5) is 0 Å². The van der Waals surface area contributed by atoms with Gasteiger partial charge >= 0.3 is 0 Å². The van der Waals surface area contributed by atoms with Gasteiger partial charge in [-0.25, -0.2) is 5.84 Å². The Hall–Kier alpha value is -0.570. The Morgan fingerprint density at radius 2 is 1.73 bits per heavy atom. The quantitative estimate of drug-likeness (QED) is 0.578. The van der Waals surface area contributed by atoms with Gasteiger partial charge in [-0.3, -0.25) is 9.80 Å². The molecule has 1 aliphatic heterocycles. The zero-order valence-corrected chi connectivity index (χ0v) is 10.7. The van der Waals surface area contributed by atoms with Gasteiger partial charge in [0.05, 0.1) is 5.54 Å². The zero-order chi connectivity index (χ0) is 11.9. The summed E-state index contributed by atoms with van der Waals surface area (Å²) in [5, 5.41) is 1.50. The Bertz CT molecular complexity index is 186. The molecule has 90 valence electrons. The number of rotatable bonds is 4. The minimum absolute atomic E-state index is 0.0133. The van der Waals surface area contributed by atoms with Crippen LogP contribution < -0.4 is 5.84 Å².